The van der Waals surface area contributed by atoms with Gasteiger partial charge in [-0.2, -0.15) is 0 Å². The van der Waals surface area contributed by atoms with Crippen molar-refractivity contribution in [2.75, 3.05) is 26.0 Å². The number of carbonyl (C=O) groups is 1. The number of hydrogen-bond donors (Lipinski definition) is 2. The molecule has 0 unspecified atom stereocenters. The van der Waals surface area contributed by atoms with Crippen LogP contribution in [0.25, 0.3) is 0 Å². The molecule has 2 rings (SSSR count). The Hall–Kier alpha value is -2.45. The Balaban J connectivity index is 2.05. The van der Waals surface area contributed by atoms with Crippen LogP contribution in [-0.4, -0.2) is 40.5 Å². The number of pyridine rings is 1. The molecule has 0 saturated heterocycles. The van der Waals surface area contributed by atoms with Gasteiger partial charge in [0.25, 0.3) is 5.91 Å². The largest absolute Gasteiger partial charge is 0.363 e. The van der Waals surface area contributed by atoms with Gasteiger partial charge in [0.1, 0.15) is 5.82 Å². The Bertz CT molecular complexity index is 817. The van der Waals surface area contributed by atoms with Crippen molar-refractivity contribution in [3.8, 4) is 0 Å². The molecule has 1 heterocycles. The summed E-state index contributed by atoms with van der Waals surface area (Å²) in [6, 6.07) is 9.87. The van der Waals surface area contributed by atoms with Crippen molar-refractivity contribution >= 4 is 21.7 Å². The Labute approximate surface area is 141 Å². The molecule has 0 fully saturated rings. The van der Waals surface area contributed by atoms with Crippen molar-refractivity contribution in [1.29, 1.82) is 0 Å². The third-order valence-corrected chi connectivity index (χ3v) is 4.81. The number of nitrogens with one attached hydrogen (secondary N) is 2. The van der Waals surface area contributed by atoms with Crippen molar-refractivity contribution < 1.29 is 13.2 Å². The van der Waals surface area contributed by atoms with Crippen LogP contribution in [0.2, 0.25) is 0 Å². The highest BCUT2D eigenvalue weighted by molar-refractivity contribution is 7.89. The van der Waals surface area contributed by atoms with Crippen molar-refractivity contribution in [2.24, 2.45) is 0 Å². The van der Waals surface area contributed by atoms with E-state index in [0.29, 0.717) is 11.1 Å². The van der Waals surface area contributed by atoms with Gasteiger partial charge < -0.3 is 10.2 Å². The van der Waals surface area contributed by atoms with Crippen molar-refractivity contribution in [3.05, 3.63) is 53.7 Å². The molecule has 1 amide bonds. The van der Waals surface area contributed by atoms with E-state index < -0.39 is 10.0 Å². The van der Waals surface area contributed by atoms with Crippen molar-refractivity contribution in [3.63, 3.8) is 0 Å². The summed E-state index contributed by atoms with van der Waals surface area (Å²) in [4.78, 5) is 18.3. The molecule has 24 heavy (non-hydrogen) atoms. The number of sulfonamides is 1. The Morgan fingerprint density at radius 2 is 1.96 bits per heavy atom. The molecule has 0 bridgehead atoms. The van der Waals surface area contributed by atoms with Gasteiger partial charge in [-0.1, -0.05) is 12.1 Å². The molecule has 2 aromatic rings. The van der Waals surface area contributed by atoms with Crippen LogP contribution in [0, 0.1) is 0 Å². The second-order valence-corrected chi connectivity index (χ2v) is 7.22. The summed E-state index contributed by atoms with van der Waals surface area (Å²) in [7, 11) is 1.59. The molecule has 7 nitrogen and oxygen atoms in total. The summed E-state index contributed by atoms with van der Waals surface area (Å²) in [6.07, 6.45) is 1.51. The second kappa shape index (κ2) is 7.41. The van der Waals surface area contributed by atoms with E-state index in [1.807, 2.05) is 19.0 Å². The van der Waals surface area contributed by atoms with Crippen LogP contribution in [0.15, 0.2) is 47.5 Å². The maximum absolute atomic E-state index is 12.1. The van der Waals surface area contributed by atoms with E-state index in [4.69, 9.17) is 0 Å². The molecule has 0 aliphatic rings. The minimum absolute atomic E-state index is 0.161. The van der Waals surface area contributed by atoms with Gasteiger partial charge in [-0.25, -0.2) is 18.1 Å². The number of rotatable bonds is 6. The van der Waals surface area contributed by atoms with Crippen LogP contribution in [0.1, 0.15) is 15.9 Å². The van der Waals surface area contributed by atoms with Gasteiger partial charge >= 0.3 is 0 Å². The lowest BCUT2D eigenvalue weighted by Gasteiger charge is -2.11. The molecule has 0 radical (unpaired) electrons. The van der Waals surface area contributed by atoms with E-state index >= 15 is 0 Å². The van der Waals surface area contributed by atoms with Crippen LogP contribution < -0.4 is 14.9 Å². The summed E-state index contributed by atoms with van der Waals surface area (Å²) in [5.41, 5.74) is 1.14. The standard InChI is InChI=1S/C16H20N4O3S/c1-17-24(22,23)14-6-4-5-12(9-14)10-19-16(21)13-7-8-15(18-11-13)20(2)3/h4-9,11,17H,10H2,1-3H3,(H,19,21). The average molecular weight is 348 g/mol. The smallest absolute Gasteiger partial charge is 0.253 e. The Morgan fingerprint density at radius 1 is 1.21 bits per heavy atom. The Morgan fingerprint density at radius 3 is 2.54 bits per heavy atom. The summed E-state index contributed by atoms with van der Waals surface area (Å²) >= 11 is 0. The van der Waals surface area contributed by atoms with Gasteiger partial charge in [-0.3, -0.25) is 4.79 Å². The van der Waals surface area contributed by atoms with E-state index in [1.54, 1.807) is 24.3 Å². The highest BCUT2D eigenvalue weighted by atomic mass is 32.2. The van der Waals surface area contributed by atoms with E-state index in [9.17, 15) is 13.2 Å². The molecule has 128 valence electrons. The van der Waals surface area contributed by atoms with Gasteiger partial charge in [0, 0.05) is 26.8 Å². The fourth-order valence-corrected chi connectivity index (χ4v) is 2.81. The molecular weight excluding hydrogens is 328 g/mol. The van der Waals surface area contributed by atoms with E-state index in [2.05, 4.69) is 15.0 Å². The third kappa shape index (κ3) is 4.30. The fourth-order valence-electron chi connectivity index (χ4n) is 2.01. The summed E-state index contributed by atoms with van der Waals surface area (Å²) in [6.45, 7) is 0.224. The lowest BCUT2D eigenvalue weighted by molar-refractivity contribution is 0.0950. The van der Waals surface area contributed by atoms with Crippen LogP contribution >= 0.6 is 0 Å². The number of anilines is 1. The summed E-state index contributed by atoms with van der Waals surface area (Å²) in [5, 5.41) is 2.75. The molecule has 0 saturated carbocycles. The van der Waals surface area contributed by atoms with Gasteiger partial charge in [0.2, 0.25) is 10.0 Å². The predicted molar refractivity (Wildman–Crippen MR) is 92.4 cm³/mol. The van der Waals surface area contributed by atoms with Crippen LogP contribution in [-0.2, 0) is 16.6 Å². The van der Waals surface area contributed by atoms with Gasteiger partial charge in [-0.15, -0.1) is 0 Å². The highest BCUT2D eigenvalue weighted by Crippen LogP contribution is 2.12. The van der Waals surface area contributed by atoms with Gasteiger partial charge in [-0.05, 0) is 36.9 Å². The number of amides is 1. The first-order chi connectivity index (χ1) is 11.3. The van der Waals surface area contributed by atoms with E-state index in [-0.39, 0.29) is 17.3 Å². The fraction of sp³-hybridized carbons (Fsp3) is 0.250. The van der Waals surface area contributed by atoms with Crippen LogP contribution in [0.5, 0.6) is 0 Å². The van der Waals surface area contributed by atoms with E-state index in [0.717, 1.165) is 5.82 Å². The van der Waals surface area contributed by atoms with Crippen LogP contribution in [0.4, 0.5) is 5.82 Å². The molecule has 0 aliphatic heterocycles. The summed E-state index contributed by atoms with van der Waals surface area (Å²) < 4.78 is 25.8. The average Bonchev–Trinajstić information content (AvgIpc) is 2.60. The van der Waals surface area contributed by atoms with Gasteiger partial charge in [0.15, 0.2) is 0 Å². The zero-order valence-electron chi connectivity index (χ0n) is 13.8. The monoisotopic (exact) mass is 348 g/mol. The number of nitrogens with zero attached hydrogens (tertiary/aromatic N) is 2. The Kier molecular flexibility index (Phi) is 5.53. The predicted octanol–water partition coefficient (Wildman–Crippen LogP) is 0.986. The molecule has 1 aromatic carbocycles. The first-order valence-electron chi connectivity index (χ1n) is 7.27. The first-order valence-corrected chi connectivity index (χ1v) is 8.76. The van der Waals surface area contributed by atoms with Crippen molar-refractivity contribution in [2.45, 2.75) is 11.4 Å². The molecule has 2 N–H and O–H groups in total. The van der Waals surface area contributed by atoms with Gasteiger partial charge in [0.05, 0.1) is 10.5 Å². The first kappa shape index (κ1) is 17.9. The zero-order chi connectivity index (χ0) is 17.7. The highest BCUT2D eigenvalue weighted by Gasteiger charge is 2.12. The molecule has 1 aromatic heterocycles. The van der Waals surface area contributed by atoms with Crippen LogP contribution in [0.3, 0.4) is 0 Å². The minimum atomic E-state index is -3.50. The maximum Gasteiger partial charge on any atom is 0.253 e. The van der Waals surface area contributed by atoms with E-state index in [1.165, 1.54) is 25.4 Å². The number of hydrogen-bond acceptors (Lipinski definition) is 5. The SMILES string of the molecule is CNS(=O)(=O)c1cccc(CNC(=O)c2ccc(N(C)C)nc2)c1. The molecule has 0 atom stereocenters. The number of carbonyl (C=O) groups excluding carboxylic acids is 1. The normalized spacial score (nSPS) is 11.1. The number of benzene rings is 1. The zero-order valence-corrected chi connectivity index (χ0v) is 14.6. The minimum Gasteiger partial charge on any atom is -0.363 e. The molecular formula is C16H20N4O3S. The lowest BCUT2D eigenvalue weighted by atomic mass is 10.2. The quantitative estimate of drug-likeness (QED) is 0.812. The molecule has 0 spiro atoms. The second-order valence-electron chi connectivity index (χ2n) is 5.34. The topological polar surface area (TPSA) is 91.4 Å². The van der Waals surface area contributed by atoms with Crippen molar-refractivity contribution in [1.82, 2.24) is 15.0 Å². The lowest BCUT2D eigenvalue weighted by Crippen LogP contribution is -2.24. The third-order valence-electron chi connectivity index (χ3n) is 3.40. The molecule has 8 heteroatoms. The maximum atomic E-state index is 12.1. The summed E-state index contributed by atoms with van der Waals surface area (Å²) in [5.74, 6) is 0.492. The molecule has 0 aliphatic carbocycles. The number of aromatic nitrogens is 1.